The van der Waals surface area contributed by atoms with Crippen LogP contribution in [0.2, 0.25) is 0 Å². The molecule has 1 aromatic carbocycles. The normalized spacial score (nSPS) is 11.5. The summed E-state index contributed by atoms with van der Waals surface area (Å²) in [5.41, 5.74) is 2.69. The molecule has 0 saturated carbocycles. The smallest absolute Gasteiger partial charge is 0.338 e. The molecule has 4 heteroatoms. The summed E-state index contributed by atoms with van der Waals surface area (Å²) in [7, 11) is 0. The van der Waals surface area contributed by atoms with Crippen molar-refractivity contribution in [3.8, 4) is 0 Å². The van der Waals surface area contributed by atoms with Crippen molar-refractivity contribution in [2.24, 2.45) is 0 Å². The number of ether oxygens (including phenoxy) is 1. The molecule has 0 bridgehead atoms. The molecule has 0 aliphatic carbocycles. The maximum Gasteiger partial charge on any atom is 0.338 e. The number of hydrogen-bond acceptors (Lipinski definition) is 2. The molecule has 0 spiro atoms. The summed E-state index contributed by atoms with van der Waals surface area (Å²) < 4.78 is 19.2. The van der Waals surface area contributed by atoms with Crippen LogP contribution in [0.3, 0.4) is 0 Å². The second-order valence-electron chi connectivity index (χ2n) is 6.33. The van der Waals surface area contributed by atoms with Crippen molar-refractivity contribution < 1.29 is 13.9 Å². The Morgan fingerprint density at radius 2 is 2.05 bits per heavy atom. The number of nitrogens with one attached hydrogen (secondary N) is 1. The highest BCUT2D eigenvalue weighted by molar-refractivity contribution is 5.91. The van der Waals surface area contributed by atoms with E-state index in [0.29, 0.717) is 17.5 Å². The van der Waals surface area contributed by atoms with Crippen molar-refractivity contribution in [3.05, 3.63) is 58.7 Å². The Hall–Kier alpha value is -2.10. The number of benzene rings is 1. The van der Waals surface area contributed by atoms with Crippen LogP contribution in [0.5, 0.6) is 0 Å². The molecule has 2 rings (SSSR count). The maximum atomic E-state index is 14.2. The van der Waals surface area contributed by atoms with Crippen LogP contribution < -0.4 is 0 Å². The SMILES string of the molecule is CCOC(=O)c1cccc(F)c1Cc1c[nH]c(C(C)(C)C)c1. The van der Waals surface area contributed by atoms with E-state index in [9.17, 15) is 9.18 Å². The number of aromatic amines is 1. The molecule has 2 aromatic rings. The van der Waals surface area contributed by atoms with Gasteiger partial charge in [0.15, 0.2) is 0 Å². The second-order valence-corrected chi connectivity index (χ2v) is 6.33. The van der Waals surface area contributed by atoms with E-state index in [1.165, 1.54) is 12.1 Å². The topological polar surface area (TPSA) is 42.1 Å². The third-order valence-corrected chi connectivity index (χ3v) is 3.55. The first-order valence-electron chi connectivity index (χ1n) is 7.45. The monoisotopic (exact) mass is 303 g/mol. The third kappa shape index (κ3) is 3.56. The fourth-order valence-corrected chi connectivity index (χ4v) is 2.32. The summed E-state index contributed by atoms with van der Waals surface area (Å²) in [6.45, 7) is 8.33. The third-order valence-electron chi connectivity index (χ3n) is 3.55. The summed E-state index contributed by atoms with van der Waals surface area (Å²) in [6.07, 6.45) is 2.22. The van der Waals surface area contributed by atoms with Gasteiger partial charge in [-0.2, -0.15) is 0 Å². The lowest BCUT2D eigenvalue weighted by molar-refractivity contribution is 0.0524. The van der Waals surface area contributed by atoms with Gasteiger partial charge < -0.3 is 9.72 Å². The molecule has 0 aliphatic heterocycles. The van der Waals surface area contributed by atoms with Gasteiger partial charge in [-0.25, -0.2) is 9.18 Å². The molecular weight excluding hydrogens is 281 g/mol. The first-order chi connectivity index (χ1) is 10.3. The average molecular weight is 303 g/mol. The second kappa shape index (κ2) is 6.34. The van der Waals surface area contributed by atoms with E-state index in [1.807, 2.05) is 12.3 Å². The molecule has 118 valence electrons. The minimum atomic E-state index is -0.483. The Balaban J connectivity index is 2.33. The highest BCUT2D eigenvalue weighted by atomic mass is 19.1. The predicted octanol–water partition coefficient (Wildman–Crippen LogP) is 4.22. The van der Waals surface area contributed by atoms with Gasteiger partial charge in [-0.05, 0) is 30.7 Å². The van der Waals surface area contributed by atoms with E-state index in [4.69, 9.17) is 4.74 Å². The molecule has 0 fully saturated rings. The van der Waals surface area contributed by atoms with Crippen LogP contribution in [0.25, 0.3) is 0 Å². The molecule has 3 nitrogen and oxygen atoms in total. The molecule has 0 unspecified atom stereocenters. The van der Waals surface area contributed by atoms with Crippen molar-refractivity contribution in [3.63, 3.8) is 0 Å². The lowest BCUT2D eigenvalue weighted by Crippen LogP contribution is -2.11. The zero-order valence-corrected chi connectivity index (χ0v) is 13.5. The van der Waals surface area contributed by atoms with Crippen LogP contribution in [0.15, 0.2) is 30.5 Å². The van der Waals surface area contributed by atoms with Gasteiger partial charge in [0.05, 0.1) is 12.2 Å². The quantitative estimate of drug-likeness (QED) is 0.859. The average Bonchev–Trinajstić information content (AvgIpc) is 2.90. The van der Waals surface area contributed by atoms with Crippen molar-refractivity contribution >= 4 is 5.97 Å². The molecule has 0 atom stereocenters. The van der Waals surface area contributed by atoms with Crippen molar-refractivity contribution in [2.75, 3.05) is 6.61 Å². The van der Waals surface area contributed by atoms with Crippen molar-refractivity contribution in [1.82, 2.24) is 4.98 Å². The Labute approximate surface area is 130 Å². The van der Waals surface area contributed by atoms with E-state index < -0.39 is 5.97 Å². The summed E-state index contributed by atoms with van der Waals surface area (Å²) in [5.74, 6) is -0.868. The van der Waals surface area contributed by atoms with Gasteiger partial charge in [-0.3, -0.25) is 0 Å². The minimum Gasteiger partial charge on any atom is -0.462 e. The number of halogens is 1. The molecule has 1 aromatic heterocycles. The van der Waals surface area contributed by atoms with Gasteiger partial charge in [-0.1, -0.05) is 26.8 Å². The van der Waals surface area contributed by atoms with Crippen LogP contribution in [0.1, 0.15) is 54.9 Å². The summed E-state index contributed by atoms with van der Waals surface area (Å²) in [4.78, 5) is 15.2. The van der Waals surface area contributed by atoms with Crippen LogP contribution in [-0.2, 0) is 16.6 Å². The van der Waals surface area contributed by atoms with Gasteiger partial charge in [0, 0.05) is 29.3 Å². The molecule has 1 heterocycles. The Morgan fingerprint density at radius 1 is 1.32 bits per heavy atom. The number of carbonyl (C=O) groups excluding carboxylic acids is 1. The van der Waals surface area contributed by atoms with Crippen LogP contribution in [0, 0.1) is 5.82 Å². The molecule has 1 N–H and O–H groups in total. The highest BCUT2D eigenvalue weighted by Crippen LogP contribution is 2.24. The van der Waals surface area contributed by atoms with Crippen LogP contribution in [0.4, 0.5) is 4.39 Å². The lowest BCUT2D eigenvalue weighted by atomic mass is 9.91. The van der Waals surface area contributed by atoms with E-state index >= 15 is 0 Å². The standard InChI is InChI=1S/C18H22FNO2/c1-5-22-17(21)13-7-6-8-15(19)14(13)9-12-10-16(20-11-12)18(2,3)4/h6-8,10-11,20H,5,9H2,1-4H3. The van der Waals surface area contributed by atoms with E-state index in [-0.39, 0.29) is 17.8 Å². The first-order valence-corrected chi connectivity index (χ1v) is 7.45. The van der Waals surface area contributed by atoms with E-state index in [2.05, 4.69) is 25.8 Å². The van der Waals surface area contributed by atoms with E-state index in [1.54, 1.807) is 13.0 Å². The Kier molecular flexibility index (Phi) is 4.69. The van der Waals surface area contributed by atoms with Gasteiger partial charge in [-0.15, -0.1) is 0 Å². The first kappa shape index (κ1) is 16.3. The number of esters is 1. The summed E-state index contributed by atoms with van der Waals surface area (Å²) >= 11 is 0. The Bertz CT molecular complexity index is 668. The maximum absolute atomic E-state index is 14.2. The highest BCUT2D eigenvalue weighted by Gasteiger charge is 2.19. The molecule has 0 aliphatic rings. The number of hydrogen-bond donors (Lipinski definition) is 1. The minimum absolute atomic E-state index is 0.00253. The predicted molar refractivity (Wildman–Crippen MR) is 84.7 cm³/mol. The van der Waals surface area contributed by atoms with Gasteiger partial charge in [0.1, 0.15) is 5.82 Å². The van der Waals surface area contributed by atoms with Crippen molar-refractivity contribution in [1.29, 1.82) is 0 Å². The lowest BCUT2D eigenvalue weighted by Gasteiger charge is -2.15. The van der Waals surface area contributed by atoms with Gasteiger partial charge >= 0.3 is 5.97 Å². The van der Waals surface area contributed by atoms with Gasteiger partial charge in [0.2, 0.25) is 0 Å². The summed E-state index contributed by atoms with van der Waals surface area (Å²) in [5, 5.41) is 0. The Morgan fingerprint density at radius 3 is 2.64 bits per heavy atom. The zero-order chi connectivity index (χ0) is 16.3. The molecule has 0 amide bonds. The zero-order valence-electron chi connectivity index (χ0n) is 13.5. The van der Waals surface area contributed by atoms with Crippen LogP contribution >= 0.6 is 0 Å². The van der Waals surface area contributed by atoms with Crippen molar-refractivity contribution in [2.45, 2.75) is 39.5 Å². The largest absolute Gasteiger partial charge is 0.462 e. The number of aromatic nitrogens is 1. The number of H-pyrrole nitrogens is 1. The molecule has 0 saturated heterocycles. The number of rotatable bonds is 4. The fraction of sp³-hybridized carbons (Fsp3) is 0.389. The van der Waals surface area contributed by atoms with E-state index in [0.717, 1.165) is 11.3 Å². The molecule has 22 heavy (non-hydrogen) atoms. The summed E-state index contributed by atoms with van der Waals surface area (Å²) in [6, 6.07) is 6.52. The number of carbonyl (C=O) groups is 1. The van der Waals surface area contributed by atoms with Crippen LogP contribution in [-0.4, -0.2) is 17.6 Å². The fourth-order valence-electron chi connectivity index (χ4n) is 2.32. The molecule has 0 radical (unpaired) electrons. The molecular formula is C18H22FNO2. The van der Waals surface area contributed by atoms with Gasteiger partial charge in [0.25, 0.3) is 0 Å².